The van der Waals surface area contributed by atoms with Crippen molar-refractivity contribution in [2.24, 2.45) is 0 Å². The molecule has 0 aliphatic carbocycles. The van der Waals surface area contributed by atoms with Crippen LogP contribution in [-0.4, -0.2) is 11.1 Å². The number of carboxylic acid groups (broad SMARTS) is 1. The third-order valence-electron chi connectivity index (χ3n) is 1.93. The first kappa shape index (κ1) is 9.73. The number of rotatable bonds is 1. The van der Waals surface area contributed by atoms with E-state index in [2.05, 4.69) is 0 Å². The van der Waals surface area contributed by atoms with Crippen molar-refractivity contribution in [2.45, 2.75) is 0 Å². The molecule has 2 aromatic rings. The molecule has 1 heterocycles. The quantitative estimate of drug-likeness (QED) is 0.754. The van der Waals surface area contributed by atoms with E-state index in [1.54, 1.807) is 12.1 Å². The zero-order chi connectivity index (χ0) is 11.0. The van der Waals surface area contributed by atoms with Gasteiger partial charge >= 0.3 is 11.6 Å². The second-order valence-electron chi connectivity index (χ2n) is 2.93. The van der Waals surface area contributed by atoms with E-state index in [0.717, 1.165) is 0 Å². The van der Waals surface area contributed by atoms with Crippen LogP contribution in [0, 0.1) is 0 Å². The van der Waals surface area contributed by atoms with Gasteiger partial charge in [0.1, 0.15) is 11.1 Å². The average Bonchev–Trinajstić information content (AvgIpc) is 2.15. The highest BCUT2D eigenvalue weighted by atomic mass is 35.5. The molecule has 5 heteroatoms. The summed E-state index contributed by atoms with van der Waals surface area (Å²) in [6.45, 7) is 0. The fraction of sp³-hybridized carbons (Fsp3) is 0. The van der Waals surface area contributed by atoms with E-state index >= 15 is 0 Å². The predicted octanol–water partition coefficient (Wildman–Crippen LogP) is 2.14. The number of hydrogen-bond acceptors (Lipinski definition) is 3. The molecule has 0 fully saturated rings. The highest BCUT2D eigenvalue weighted by Gasteiger charge is 2.11. The summed E-state index contributed by atoms with van der Waals surface area (Å²) in [6.07, 6.45) is 0. The van der Waals surface area contributed by atoms with E-state index in [4.69, 9.17) is 21.1 Å². The van der Waals surface area contributed by atoms with Gasteiger partial charge in [-0.05, 0) is 18.2 Å². The maximum Gasteiger partial charge on any atom is 0.351 e. The van der Waals surface area contributed by atoms with Crippen LogP contribution in [0.2, 0.25) is 5.02 Å². The number of halogens is 1. The molecule has 0 atom stereocenters. The molecule has 2 rings (SSSR count). The van der Waals surface area contributed by atoms with Crippen molar-refractivity contribution in [3.05, 3.63) is 45.3 Å². The molecule has 1 aromatic carbocycles. The lowest BCUT2D eigenvalue weighted by atomic mass is 10.2. The zero-order valence-corrected chi connectivity index (χ0v) is 8.12. The Morgan fingerprint density at radius 1 is 1.33 bits per heavy atom. The highest BCUT2D eigenvalue weighted by molar-refractivity contribution is 6.31. The first-order chi connectivity index (χ1) is 7.08. The Balaban J connectivity index is 2.82. The average molecular weight is 225 g/mol. The lowest BCUT2D eigenvalue weighted by molar-refractivity contribution is 0.0692. The van der Waals surface area contributed by atoms with Crippen molar-refractivity contribution in [1.82, 2.24) is 0 Å². The van der Waals surface area contributed by atoms with Gasteiger partial charge in [0.05, 0.1) is 0 Å². The van der Waals surface area contributed by atoms with E-state index in [1.807, 2.05) is 0 Å². The number of carbonyl (C=O) groups is 1. The van der Waals surface area contributed by atoms with Gasteiger partial charge in [-0.2, -0.15) is 0 Å². The lowest BCUT2D eigenvalue weighted by Crippen LogP contribution is -2.12. The zero-order valence-electron chi connectivity index (χ0n) is 7.36. The molecule has 0 unspecified atom stereocenters. The molecule has 76 valence electrons. The third-order valence-corrected chi connectivity index (χ3v) is 2.16. The van der Waals surface area contributed by atoms with Crippen molar-refractivity contribution in [1.29, 1.82) is 0 Å². The second kappa shape index (κ2) is 3.40. The van der Waals surface area contributed by atoms with Crippen LogP contribution >= 0.6 is 11.6 Å². The van der Waals surface area contributed by atoms with Crippen LogP contribution in [-0.2, 0) is 0 Å². The van der Waals surface area contributed by atoms with Gasteiger partial charge in [0.15, 0.2) is 0 Å². The maximum atomic E-state index is 11.2. The molecule has 0 saturated heterocycles. The minimum absolute atomic E-state index is 0.275. The summed E-state index contributed by atoms with van der Waals surface area (Å²) in [5, 5.41) is 9.64. The summed E-state index contributed by atoms with van der Waals surface area (Å²) < 4.78 is 4.81. The molecule has 0 amide bonds. The molecule has 15 heavy (non-hydrogen) atoms. The van der Waals surface area contributed by atoms with Crippen molar-refractivity contribution in [3.8, 4) is 0 Å². The summed E-state index contributed by atoms with van der Waals surface area (Å²) in [6, 6.07) is 5.91. The van der Waals surface area contributed by atoms with E-state index in [0.29, 0.717) is 10.4 Å². The fourth-order valence-corrected chi connectivity index (χ4v) is 1.40. The van der Waals surface area contributed by atoms with Crippen molar-refractivity contribution in [2.75, 3.05) is 0 Å². The van der Waals surface area contributed by atoms with E-state index < -0.39 is 11.6 Å². The van der Waals surface area contributed by atoms with Gasteiger partial charge in [-0.3, -0.25) is 0 Å². The Labute approximate surface area is 88.7 Å². The highest BCUT2D eigenvalue weighted by Crippen LogP contribution is 2.18. The Hall–Kier alpha value is -1.81. The van der Waals surface area contributed by atoms with Crippen LogP contribution in [0.15, 0.2) is 33.5 Å². The van der Waals surface area contributed by atoms with E-state index in [-0.39, 0.29) is 11.1 Å². The van der Waals surface area contributed by atoms with E-state index in [9.17, 15) is 9.59 Å². The molecule has 0 spiro atoms. The molecule has 0 aliphatic rings. The number of carboxylic acids is 1. The van der Waals surface area contributed by atoms with Gasteiger partial charge in [0, 0.05) is 16.5 Å². The van der Waals surface area contributed by atoms with Crippen molar-refractivity contribution >= 4 is 28.5 Å². The number of aromatic carboxylic acids is 1. The number of hydrogen-bond donors (Lipinski definition) is 1. The largest absolute Gasteiger partial charge is 0.477 e. The maximum absolute atomic E-state index is 11.2. The molecule has 0 radical (unpaired) electrons. The summed E-state index contributed by atoms with van der Waals surface area (Å²) >= 11 is 5.69. The molecular formula is C10H5ClO4. The minimum atomic E-state index is -1.30. The van der Waals surface area contributed by atoms with Gasteiger partial charge in [0.2, 0.25) is 0 Å². The molecule has 1 aromatic heterocycles. The molecule has 4 nitrogen and oxygen atoms in total. The second-order valence-corrected chi connectivity index (χ2v) is 3.37. The smallest absolute Gasteiger partial charge is 0.351 e. The van der Waals surface area contributed by atoms with E-state index in [1.165, 1.54) is 12.1 Å². The molecule has 0 bridgehead atoms. The standard InChI is InChI=1S/C10H5ClO4/c11-6-2-1-5-3-7(9(12)13)10(14)15-8(5)4-6/h1-4H,(H,12,13). The fourth-order valence-electron chi connectivity index (χ4n) is 1.23. The minimum Gasteiger partial charge on any atom is -0.477 e. The van der Waals surface area contributed by atoms with Crippen LogP contribution in [0.25, 0.3) is 11.0 Å². The summed E-state index contributed by atoms with van der Waals surface area (Å²) in [7, 11) is 0. The Kier molecular flexibility index (Phi) is 2.21. The van der Waals surface area contributed by atoms with Crippen molar-refractivity contribution < 1.29 is 14.3 Å². The predicted molar refractivity (Wildman–Crippen MR) is 54.5 cm³/mol. The van der Waals surface area contributed by atoms with Gasteiger partial charge in [-0.25, -0.2) is 9.59 Å². The monoisotopic (exact) mass is 224 g/mol. The van der Waals surface area contributed by atoms with Gasteiger partial charge in [0.25, 0.3) is 0 Å². The number of fused-ring (bicyclic) bond motifs is 1. The summed E-state index contributed by atoms with van der Waals surface area (Å²) in [5.74, 6) is -1.30. The SMILES string of the molecule is O=C(O)c1cc2ccc(Cl)cc2oc1=O. The molecule has 0 saturated carbocycles. The van der Waals surface area contributed by atoms with Crippen LogP contribution in [0.4, 0.5) is 0 Å². The van der Waals surface area contributed by atoms with Crippen LogP contribution in [0.5, 0.6) is 0 Å². The van der Waals surface area contributed by atoms with Gasteiger partial charge in [-0.15, -0.1) is 0 Å². The normalized spacial score (nSPS) is 10.5. The topological polar surface area (TPSA) is 67.5 Å². The van der Waals surface area contributed by atoms with Gasteiger partial charge < -0.3 is 9.52 Å². The van der Waals surface area contributed by atoms with Crippen LogP contribution in [0.1, 0.15) is 10.4 Å². The Bertz CT molecular complexity index is 600. The van der Waals surface area contributed by atoms with Crippen LogP contribution < -0.4 is 5.63 Å². The summed E-state index contributed by atoms with van der Waals surface area (Å²) in [5.41, 5.74) is -0.986. The van der Waals surface area contributed by atoms with Crippen LogP contribution in [0.3, 0.4) is 0 Å². The lowest BCUT2D eigenvalue weighted by Gasteiger charge is -1.98. The first-order valence-electron chi connectivity index (χ1n) is 4.04. The van der Waals surface area contributed by atoms with Gasteiger partial charge in [-0.1, -0.05) is 11.6 Å². The Morgan fingerprint density at radius 2 is 2.07 bits per heavy atom. The Morgan fingerprint density at radius 3 is 2.73 bits per heavy atom. The number of benzene rings is 1. The third kappa shape index (κ3) is 1.71. The first-order valence-corrected chi connectivity index (χ1v) is 4.42. The molecule has 0 aliphatic heterocycles. The molecule has 1 N–H and O–H groups in total. The molecular weight excluding hydrogens is 220 g/mol. The van der Waals surface area contributed by atoms with Crippen molar-refractivity contribution in [3.63, 3.8) is 0 Å². The summed E-state index contributed by atoms with van der Waals surface area (Å²) in [4.78, 5) is 21.8.